The van der Waals surface area contributed by atoms with Crippen LogP contribution in [0.3, 0.4) is 0 Å². The van der Waals surface area contributed by atoms with Gasteiger partial charge in [-0.25, -0.2) is 0 Å². The molecule has 1 N–H and O–H groups in total. The fraction of sp³-hybridized carbons (Fsp3) is 0.421. The number of thiophene rings is 1. The Morgan fingerprint density at radius 3 is 2.67 bits per heavy atom. The van der Waals surface area contributed by atoms with Crippen LogP contribution in [0.25, 0.3) is 0 Å². The minimum absolute atomic E-state index is 0.130. The van der Waals surface area contributed by atoms with E-state index in [-0.39, 0.29) is 5.91 Å². The Balaban J connectivity index is 1.55. The van der Waals surface area contributed by atoms with Crippen molar-refractivity contribution in [3.63, 3.8) is 0 Å². The van der Waals surface area contributed by atoms with Crippen molar-refractivity contribution in [2.24, 2.45) is 0 Å². The Morgan fingerprint density at radius 2 is 1.96 bits per heavy atom. The summed E-state index contributed by atoms with van der Waals surface area (Å²) >= 11 is 1.50. The van der Waals surface area contributed by atoms with Crippen molar-refractivity contribution >= 4 is 17.2 Å². The number of amides is 1. The molecule has 0 aliphatic carbocycles. The summed E-state index contributed by atoms with van der Waals surface area (Å²) in [5.41, 5.74) is 2.15. The second-order valence-electron chi connectivity index (χ2n) is 6.35. The van der Waals surface area contributed by atoms with Gasteiger partial charge in [0.15, 0.2) is 0 Å². The smallest absolute Gasteiger partial charge is 0.263 e. The number of aliphatic hydroxyl groups excluding tert-OH is 1. The van der Waals surface area contributed by atoms with E-state index in [0.29, 0.717) is 6.54 Å². The minimum atomic E-state index is -0.481. The molecule has 1 saturated heterocycles. The van der Waals surface area contributed by atoms with Crippen LogP contribution in [0.15, 0.2) is 41.8 Å². The van der Waals surface area contributed by atoms with Gasteiger partial charge >= 0.3 is 0 Å². The van der Waals surface area contributed by atoms with E-state index in [1.54, 1.807) is 0 Å². The summed E-state index contributed by atoms with van der Waals surface area (Å²) in [6, 6.07) is 11.8. The molecule has 0 radical (unpaired) electrons. The molecule has 1 aliphatic heterocycles. The zero-order valence-corrected chi connectivity index (χ0v) is 14.8. The Hall–Kier alpha value is -1.69. The fourth-order valence-corrected chi connectivity index (χ4v) is 3.74. The minimum Gasteiger partial charge on any atom is -0.387 e. The van der Waals surface area contributed by atoms with Gasteiger partial charge in [0.05, 0.1) is 11.0 Å². The maximum Gasteiger partial charge on any atom is 0.263 e. The standard InChI is InChI=1S/C19H24N2O2S/c1-15-5-7-16(8-6-15)17(22)14-20-9-3-10-21(12-11-20)19(23)18-4-2-13-24-18/h2,4-8,13,17,22H,3,9-12,14H2,1H3. The number of hydrogen-bond acceptors (Lipinski definition) is 4. The highest BCUT2D eigenvalue weighted by atomic mass is 32.1. The third-order valence-corrected chi connectivity index (χ3v) is 5.36. The van der Waals surface area contributed by atoms with Crippen molar-refractivity contribution in [3.8, 4) is 0 Å². The van der Waals surface area contributed by atoms with E-state index < -0.39 is 6.10 Å². The lowest BCUT2D eigenvalue weighted by Crippen LogP contribution is -2.36. The van der Waals surface area contributed by atoms with Crippen LogP contribution >= 0.6 is 11.3 Å². The maximum atomic E-state index is 12.5. The Morgan fingerprint density at radius 1 is 1.17 bits per heavy atom. The van der Waals surface area contributed by atoms with Crippen molar-refractivity contribution < 1.29 is 9.90 Å². The molecule has 3 rings (SSSR count). The van der Waals surface area contributed by atoms with E-state index in [1.165, 1.54) is 16.9 Å². The topological polar surface area (TPSA) is 43.8 Å². The SMILES string of the molecule is Cc1ccc(C(O)CN2CCCN(C(=O)c3cccs3)CC2)cc1. The summed E-state index contributed by atoms with van der Waals surface area (Å²) in [6.45, 7) is 5.89. The van der Waals surface area contributed by atoms with E-state index in [2.05, 4.69) is 4.90 Å². The quantitative estimate of drug-likeness (QED) is 0.927. The average molecular weight is 344 g/mol. The maximum absolute atomic E-state index is 12.5. The van der Waals surface area contributed by atoms with Gasteiger partial charge in [0, 0.05) is 32.7 Å². The van der Waals surface area contributed by atoms with Crippen molar-refractivity contribution in [3.05, 3.63) is 57.8 Å². The first-order chi connectivity index (χ1) is 11.6. The number of aryl methyl sites for hydroxylation is 1. The number of carbonyl (C=O) groups excluding carboxylic acids is 1. The zero-order valence-electron chi connectivity index (χ0n) is 14.0. The molecule has 4 nitrogen and oxygen atoms in total. The van der Waals surface area contributed by atoms with Crippen molar-refractivity contribution in [1.82, 2.24) is 9.80 Å². The number of benzene rings is 1. The summed E-state index contributed by atoms with van der Waals surface area (Å²) in [6.07, 6.45) is 0.461. The first kappa shape index (κ1) is 17.1. The van der Waals surface area contributed by atoms with Gasteiger partial charge in [0.1, 0.15) is 0 Å². The van der Waals surface area contributed by atoms with Crippen LogP contribution in [0.1, 0.15) is 33.3 Å². The monoisotopic (exact) mass is 344 g/mol. The van der Waals surface area contributed by atoms with Gasteiger partial charge in [-0.2, -0.15) is 0 Å². The second kappa shape index (κ2) is 7.92. The molecule has 2 heterocycles. The molecule has 1 aromatic heterocycles. The van der Waals surface area contributed by atoms with E-state index in [1.807, 2.05) is 53.6 Å². The van der Waals surface area contributed by atoms with Crippen LogP contribution in [0.4, 0.5) is 0 Å². The van der Waals surface area contributed by atoms with Gasteiger partial charge < -0.3 is 10.0 Å². The number of hydrogen-bond donors (Lipinski definition) is 1. The van der Waals surface area contributed by atoms with E-state index in [9.17, 15) is 9.90 Å². The molecule has 0 saturated carbocycles. The summed E-state index contributed by atoms with van der Waals surface area (Å²) in [5, 5.41) is 12.4. The first-order valence-corrected chi connectivity index (χ1v) is 9.31. The molecule has 1 atom stereocenters. The fourth-order valence-electron chi connectivity index (χ4n) is 3.05. The third-order valence-electron chi connectivity index (χ3n) is 4.50. The summed E-state index contributed by atoms with van der Waals surface area (Å²) in [7, 11) is 0. The molecule has 1 aliphatic rings. The molecular formula is C19H24N2O2S. The van der Waals surface area contributed by atoms with Crippen LogP contribution in [0, 0.1) is 6.92 Å². The number of carbonyl (C=O) groups is 1. The van der Waals surface area contributed by atoms with Crippen molar-refractivity contribution in [2.45, 2.75) is 19.4 Å². The van der Waals surface area contributed by atoms with Gasteiger partial charge in [-0.1, -0.05) is 35.9 Å². The summed E-state index contributed by atoms with van der Waals surface area (Å²) < 4.78 is 0. The predicted octanol–water partition coefficient (Wildman–Crippen LogP) is 2.94. The highest BCUT2D eigenvalue weighted by molar-refractivity contribution is 7.12. The van der Waals surface area contributed by atoms with Crippen LogP contribution in [-0.2, 0) is 0 Å². The molecule has 128 valence electrons. The van der Waals surface area contributed by atoms with E-state index in [4.69, 9.17) is 0 Å². The average Bonchev–Trinajstić information content (AvgIpc) is 3.02. The molecule has 5 heteroatoms. The highest BCUT2D eigenvalue weighted by Gasteiger charge is 2.22. The van der Waals surface area contributed by atoms with E-state index in [0.717, 1.165) is 43.0 Å². The molecule has 1 amide bonds. The first-order valence-electron chi connectivity index (χ1n) is 8.43. The Kier molecular flexibility index (Phi) is 5.66. The molecule has 2 aromatic rings. The van der Waals surface area contributed by atoms with Gasteiger partial charge in [-0.05, 0) is 30.4 Å². The molecule has 24 heavy (non-hydrogen) atoms. The van der Waals surface area contributed by atoms with E-state index >= 15 is 0 Å². The number of aliphatic hydroxyl groups is 1. The van der Waals surface area contributed by atoms with Gasteiger partial charge in [-0.15, -0.1) is 11.3 Å². The largest absolute Gasteiger partial charge is 0.387 e. The normalized spacial score (nSPS) is 17.5. The predicted molar refractivity (Wildman–Crippen MR) is 97.4 cm³/mol. The zero-order chi connectivity index (χ0) is 16.9. The molecule has 0 spiro atoms. The van der Waals surface area contributed by atoms with Crippen LogP contribution in [0.2, 0.25) is 0 Å². The van der Waals surface area contributed by atoms with Gasteiger partial charge in [-0.3, -0.25) is 9.69 Å². The summed E-state index contributed by atoms with van der Waals surface area (Å²) in [4.78, 5) is 17.5. The van der Waals surface area contributed by atoms with Gasteiger partial charge in [0.25, 0.3) is 5.91 Å². The number of rotatable bonds is 4. The Labute approximate surface area is 147 Å². The number of nitrogens with zero attached hydrogens (tertiary/aromatic N) is 2. The molecule has 1 unspecified atom stereocenters. The van der Waals surface area contributed by atoms with Crippen LogP contribution in [-0.4, -0.2) is 53.5 Å². The highest BCUT2D eigenvalue weighted by Crippen LogP contribution is 2.18. The number of β-amino-alcohol motifs (C(OH)–C–C–N with tert-alkyl or cyclic N) is 1. The molecular weight excluding hydrogens is 320 g/mol. The van der Waals surface area contributed by atoms with Crippen LogP contribution < -0.4 is 0 Å². The molecule has 1 aromatic carbocycles. The lowest BCUT2D eigenvalue weighted by Gasteiger charge is -2.24. The third kappa shape index (κ3) is 4.23. The summed E-state index contributed by atoms with van der Waals surface area (Å²) in [5.74, 6) is 0.130. The van der Waals surface area contributed by atoms with Gasteiger partial charge in [0.2, 0.25) is 0 Å². The lowest BCUT2D eigenvalue weighted by atomic mass is 10.1. The van der Waals surface area contributed by atoms with Crippen LogP contribution in [0.5, 0.6) is 0 Å². The van der Waals surface area contributed by atoms with Crippen molar-refractivity contribution in [1.29, 1.82) is 0 Å². The molecule has 1 fully saturated rings. The van der Waals surface area contributed by atoms with Crippen molar-refractivity contribution in [2.75, 3.05) is 32.7 Å². The molecule has 0 bridgehead atoms. The lowest BCUT2D eigenvalue weighted by molar-refractivity contribution is 0.0759. The Bertz CT molecular complexity index is 655. The second-order valence-corrected chi connectivity index (χ2v) is 7.30.